The highest BCUT2D eigenvalue weighted by Gasteiger charge is 2.08. The molecule has 3 N–H and O–H groups in total. The molecule has 1 aromatic carbocycles. The third-order valence-electron chi connectivity index (χ3n) is 2.07. The highest BCUT2D eigenvalue weighted by atomic mass is 16.2. The predicted octanol–water partition coefficient (Wildman–Crippen LogP) is 0.956. The van der Waals surface area contributed by atoms with Gasteiger partial charge >= 0.3 is 6.03 Å². The number of rotatable bonds is 4. The van der Waals surface area contributed by atoms with Crippen LogP contribution in [-0.4, -0.2) is 43.1 Å². The minimum atomic E-state index is -0.298. The molecule has 2 amide bonds. The van der Waals surface area contributed by atoms with Gasteiger partial charge < -0.3 is 10.2 Å². The Labute approximate surface area is 95.8 Å². The second kappa shape index (κ2) is 6.09. The molecule has 0 saturated carbocycles. The number of nitrogens with zero attached hydrogens (tertiary/aromatic N) is 2. The lowest BCUT2D eigenvalue weighted by molar-refractivity contribution is 0.206. The van der Waals surface area contributed by atoms with Gasteiger partial charge in [0, 0.05) is 12.2 Å². The minimum Gasteiger partial charge on any atom is -0.308 e. The molecular weight excluding hydrogens is 204 g/mol. The average molecular weight is 222 g/mol. The van der Waals surface area contributed by atoms with Gasteiger partial charge in [0.15, 0.2) is 0 Å². The lowest BCUT2D eigenvalue weighted by atomic mass is 10.3. The maximum Gasteiger partial charge on any atom is 0.336 e. The van der Waals surface area contributed by atoms with E-state index in [0.29, 0.717) is 6.54 Å². The van der Waals surface area contributed by atoms with Gasteiger partial charge in [0.2, 0.25) is 0 Å². The van der Waals surface area contributed by atoms with Crippen molar-refractivity contribution in [2.24, 2.45) is 5.84 Å². The molecule has 5 nitrogen and oxygen atoms in total. The van der Waals surface area contributed by atoms with Gasteiger partial charge in [0.05, 0.1) is 6.54 Å². The van der Waals surface area contributed by atoms with E-state index in [1.54, 1.807) is 0 Å². The Hall–Kier alpha value is -1.59. The summed E-state index contributed by atoms with van der Waals surface area (Å²) in [7, 11) is 3.87. The van der Waals surface area contributed by atoms with Crippen LogP contribution in [0.4, 0.5) is 10.5 Å². The Morgan fingerprint density at radius 3 is 2.44 bits per heavy atom. The zero-order chi connectivity index (χ0) is 12.0. The molecule has 1 aromatic rings. The molecule has 0 spiro atoms. The molecule has 0 aliphatic heterocycles. The van der Waals surface area contributed by atoms with Gasteiger partial charge in [-0.05, 0) is 26.2 Å². The van der Waals surface area contributed by atoms with Gasteiger partial charge in [-0.1, -0.05) is 18.2 Å². The van der Waals surface area contributed by atoms with Crippen molar-refractivity contribution >= 4 is 11.7 Å². The van der Waals surface area contributed by atoms with Gasteiger partial charge in [0.25, 0.3) is 0 Å². The van der Waals surface area contributed by atoms with Crippen LogP contribution in [0.2, 0.25) is 0 Å². The summed E-state index contributed by atoms with van der Waals surface area (Å²) in [6.07, 6.45) is 0. The molecule has 0 radical (unpaired) electrons. The van der Waals surface area contributed by atoms with E-state index in [4.69, 9.17) is 5.84 Å². The number of hydrogen-bond donors (Lipinski definition) is 2. The second-order valence-electron chi connectivity index (χ2n) is 3.79. The van der Waals surface area contributed by atoms with Crippen molar-refractivity contribution in [1.29, 1.82) is 0 Å². The summed E-state index contributed by atoms with van der Waals surface area (Å²) in [5.41, 5.74) is 0.743. The van der Waals surface area contributed by atoms with Gasteiger partial charge in [-0.15, -0.1) is 0 Å². The normalized spacial score (nSPS) is 10.2. The van der Waals surface area contributed by atoms with E-state index in [1.165, 1.54) is 5.01 Å². The van der Waals surface area contributed by atoms with Gasteiger partial charge in [-0.25, -0.2) is 10.6 Å². The summed E-state index contributed by atoms with van der Waals surface area (Å²) in [6.45, 7) is 1.23. The zero-order valence-corrected chi connectivity index (χ0v) is 9.68. The molecule has 0 aliphatic rings. The Morgan fingerprint density at radius 1 is 1.25 bits per heavy atom. The van der Waals surface area contributed by atoms with E-state index in [-0.39, 0.29) is 6.03 Å². The molecule has 0 saturated heterocycles. The first-order chi connectivity index (χ1) is 7.59. The summed E-state index contributed by atoms with van der Waals surface area (Å²) in [4.78, 5) is 13.6. The summed E-state index contributed by atoms with van der Waals surface area (Å²) in [5, 5.41) is 3.88. The molecule has 0 aromatic heterocycles. The van der Waals surface area contributed by atoms with Crippen molar-refractivity contribution in [1.82, 2.24) is 9.91 Å². The molecule has 88 valence electrons. The van der Waals surface area contributed by atoms with Crippen molar-refractivity contribution < 1.29 is 4.79 Å². The van der Waals surface area contributed by atoms with Crippen LogP contribution >= 0.6 is 0 Å². The third-order valence-corrected chi connectivity index (χ3v) is 2.07. The van der Waals surface area contributed by atoms with E-state index < -0.39 is 0 Å². The number of benzene rings is 1. The number of hydrazine groups is 1. The number of amides is 2. The van der Waals surface area contributed by atoms with Crippen LogP contribution in [0.1, 0.15) is 0 Å². The molecule has 0 fully saturated rings. The monoisotopic (exact) mass is 222 g/mol. The molecule has 5 heteroatoms. The van der Waals surface area contributed by atoms with Gasteiger partial charge in [-0.3, -0.25) is 5.01 Å². The number of urea groups is 1. The molecule has 16 heavy (non-hydrogen) atoms. The van der Waals surface area contributed by atoms with E-state index in [9.17, 15) is 4.79 Å². The first-order valence-electron chi connectivity index (χ1n) is 5.12. The molecule has 1 rings (SSSR count). The number of likely N-dealkylation sites (N-methyl/N-ethyl adjacent to an activating group) is 1. The summed E-state index contributed by atoms with van der Waals surface area (Å²) in [6, 6.07) is 8.94. The number of hydrogen-bond acceptors (Lipinski definition) is 3. The zero-order valence-electron chi connectivity index (χ0n) is 9.68. The first kappa shape index (κ1) is 12.5. The van der Waals surface area contributed by atoms with E-state index in [0.717, 1.165) is 12.2 Å². The standard InChI is InChI=1S/C11H18N4O/c1-14(2)8-9-15(12)11(16)13-10-6-4-3-5-7-10/h3-7H,8-9,12H2,1-2H3,(H,13,16). The third kappa shape index (κ3) is 4.29. The predicted molar refractivity (Wildman–Crippen MR) is 64.9 cm³/mol. The van der Waals surface area contributed by atoms with Crippen molar-refractivity contribution in [3.05, 3.63) is 30.3 Å². The number of anilines is 1. The van der Waals surface area contributed by atoms with Crippen molar-refractivity contribution in [2.45, 2.75) is 0 Å². The van der Waals surface area contributed by atoms with Crippen molar-refractivity contribution in [2.75, 3.05) is 32.5 Å². The number of carbonyl (C=O) groups is 1. The van der Waals surface area contributed by atoms with Gasteiger partial charge in [0.1, 0.15) is 0 Å². The van der Waals surface area contributed by atoms with Crippen LogP contribution in [0, 0.1) is 0 Å². The van der Waals surface area contributed by atoms with E-state index in [2.05, 4.69) is 5.32 Å². The van der Waals surface area contributed by atoms with E-state index >= 15 is 0 Å². The van der Waals surface area contributed by atoms with Crippen molar-refractivity contribution in [3.63, 3.8) is 0 Å². The second-order valence-corrected chi connectivity index (χ2v) is 3.79. The van der Waals surface area contributed by atoms with Crippen LogP contribution in [0.3, 0.4) is 0 Å². The number of carbonyl (C=O) groups excluding carboxylic acids is 1. The Kier molecular flexibility index (Phi) is 4.75. The molecule has 0 unspecified atom stereocenters. The van der Waals surface area contributed by atoms with Crippen LogP contribution in [0.5, 0.6) is 0 Å². The highest BCUT2D eigenvalue weighted by molar-refractivity contribution is 5.88. The maximum atomic E-state index is 11.6. The SMILES string of the molecule is CN(C)CCN(N)C(=O)Nc1ccccc1. The topological polar surface area (TPSA) is 61.6 Å². The molecular formula is C11H18N4O. The largest absolute Gasteiger partial charge is 0.336 e. The summed E-state index contributed by atoms with van der Waals surface area (Å²) < 4.78 is 0. The van der Waals surface area contributed by atoms with Crippen LogP contribution in [0.15, 0.2) is 30.3 Å². The highest BCUT2D eigenvalue weighted by Crippen LogP contribution is 2.05. The van der Waals surface area contributed by atoms with Crippen molar-refractivity contribution in [3.8, 4) is 0 Å². The molecule has 0 aliphatic carbocycles. The number of para-hydroxylation sites is 1. The quantitative estimate of drug-likeness (QED) is 0.453. The average Bonchev–Trinajstić information content (AvgIpc) is 2.27. The van der Waals surface area contributed by atoms with Crippen LogP contribution in [-0.2, 0) is 0 Å². The van der Waals surface area contributed by atoms with E-state index in [1.807, 2.05) is 49.3 Å². The fraction of sp³-hybridized carbons (Fsp3) is 0.364. The molecule has 0 heterocycles. The van der Waals surface area contributed by atoms with Gasteiger partial charge in [-0.2, -0.15) is 0 Å². The lowest BCUT2D eigenvalue weighted by Gasteiger charge is -2.19. The number of nitrogens with one attached hydrogen (secondary N) is 1. The Morgan fingerprint density at radius 2 is 1.88 bits per heavy atom. The van der Waals surface area contributed by atoms with Crippen LogP contribution < -0.4 is 11.2 Å². The minimum absolute atomic E-state index is 0.298. The smallest absolute Gasteiger partial charge is 0.308 e. The first-order valence-corrected chi connectivity index (χ1v) is 5.12. The summed E-state index contributed by atoms with van der Waals surface area (Å²) in [5.74, 6) is 5.61. The Balaban J connectivity index is 2.40. The summed E-state index contributed by atoms with van der Waals surface area (Å²) >= 11 is 0. The fourth-order valence-corrected chi connectivity index (χ4v) is 1.13. The molecule has 0 atom stereocenters. The fourth-order valence-electron chi connectivity index (χ4n) is 1.13. The van der Waals surface area contributed by atoms with Crippen LogP contribution in [0.25, 0.3) is 0 Å². The Bertz CT molecular complexity index is 326. The lowest BCUT2D eigenvalue weighted by Crippen LogP contribution is -2.44. The number of nitrogens with two attached hydrogens (primary N) is 1. The molecule has 0 bridgehead atoms. The maximum absolute atomic E-state index is 11.6.